The van der Waals surface area contributed by atoms with Crippen LogP contribution in [0.5, 0.6) is 5.75 Å². The van der Waals surface area contributed by atoms with E-state index in [1.165, 1.54) is 31.3 Å². The highest BCUT2D eigenvalue weighted by atomic mass is 32.2. The van der Waals surface area contributed by atoms with Crippen molar-refractivity contribution in [1.82, 2.24) is 14.9 Å². The molecule has 0 atom stereocenters. The highest BCUT2D eigenvalue weighted by molar-refractivity contribution is 7.89. The molecule has 146 valence electrons. The molecule has 0 saturated heterocycles. The van der Waals surface area contributed by atoms with Gasteiger partial charge in [-0.1, -0.05) is 23.4 Å². The first-order valence-corrected chi connectivity index (χ1v) is 9.59. The molecule has 28 heavy (non-hydrogen) atoms. The number of benzene rings is 2. The molecule has 9 nitrogen and oxygen atoms in total. The molecule has 1 aromatic heterocycles. The van der Waals surface area contributed by atoms with E-state index in [4.69, 9.17) is 14.0 Å². The van der Waals surface area contributed by atoms with Crippen LogP contribution < -0.4 is 9.46 Å². The fraction of sp³-hybridized carbons (Fsp3) is 0.167. The van der Waals surface area contributed by atoms with Crippen molar-refractivity contribution in [3.05, 3.63) is 60.0 Å². The van der Waals surface area contributed by atoms with Crippen molar-refractivity contribution < 1.29 is 27.2 Å². The maximum absolute atomic E-state index is 12.2. The highest BCUT2D eigenvalue weighted by Crippen LogP contribution is 2.21. The third-order valence-corrected chi connectivity index (χ3v) is 5.18. The van der Waals surface area contributed by atoms with E-state index in [0.717, 1.165) is 0 Å². The Hall–Kier alpha value is -3.24. The molecule has 0 fully saturated rings. The largest absolute Gasteiger partial charge is 0.497 e. The van der Waals surface area contributed by atoms with Gasteiger partial charge in [0.15, 0.2) is 6.61 Å². The van der Waals surface area contributed by atoms with Gasteiger partial charge < -0.3 is 14.0 Å². The Labute approximate surface area is 161 Å². The lowest BCUT2D eigenvalue weighted by Gasteiger charge is -2.05. The number of nitrogens with zero attached hydrogens (tertiary/aromatic N) is 2. The minimum atomic E-state index is -3.66. The molecule has 0 bridgehead atoms. The maximum Gasteiger partial charge on any atom is 0.338 e. The fourth-order valence-corrected chi connectivity index (χ4v) is 3.09. The number of carbonyl (C=O) groups excluding carboxylic acids is 1. The van der Waals surface area contributed by atoms with Crippen LogP contribution in [-0.2, 0) is 21.4 Å². The minimum Gasteiger partial charge on any atom is -0.497 e. The Kier molecular flexibility index (Phi) is 5.71. The second-order valence-electron chi connectivity index (χ2n) is 5.56. The number of hydrogen-bond donors (Lipinski definition) is 1. The van der Waals surface area contributed by atoms with Crippen molar-refractivity contribution in [3.63, 3.8) is 0 Å². The van der Waals surface area contributed by atoms with Crippen molar-refractivity contribution in [2.24, 2.45) is 0 Å². The first-order chi connectivity index (χ1) is 13.4. The van der Waals surface area contributed by atoms with Crippen LogP contribution in [0.25, 0.3) is 11.4 Å². The smallest absolute Gasteiger partial charge is 0.338 e. The molecule has 1 heterocycles. The summed E-state index contributed by atoms with van der Waals surface area (Å²) >= 11 is 0. The number of nitrogens with one attached hydrogen (secondary N) is 1. The van der Waals surface area contributed by atoms with Crippen LogP contribution in [0.1, 0.15) is 16.2 Å². The van der Waals surface area contributed by atoms with Gasteiger partial charge in [-0.05, 0) is 37.4 Å². The average Bonchev–Trinajstić information content (AvgIpc) is 3.21. The van der Waals surface area contributed by atoms with Gasteiger partial charge in [-0.2, -0.15) is 4.98 Å². The summed E-state index contributed by atoms with van der Waals surface area (Å²) < 4.78 is 41.2. The van der Waals surface area contributed by atoms with Crippen molar-refractivity contribution >= 4 is 16.0 Å². The molecule has 0 aliphatic heterocycles. The second kappa shape index (κ2) is 8.19. The zero-order chi connectivity index (χ0) is 20.1. The Morgan fingerprint density at radius 3 is 2.71 bits per heavy atom. The van der Waals surface area contributed by atoms with Crippen LogP contribution in [0.15, 0.2) is 57.9 Å². The zero-order valence-corrected chi connectivity index (χ0v) is 15.9. The van der Waals surface area contributed by atoms with Gasteiger partial charge in [0.05, 0.1) is 17.6 Å². The number of aromatic nitrogens is 2. The predicted octanol–water partition coefficient (Wildman–Crippen LogP) is 2.01. The molecule has 0 aliphatic carbocycles. The Bertz CT molecular complexity index is 1090. The van der Waals surface area contributed by atoms with Gasteiger partial charge >= 0.3 is 5.97 Å². The van der Waals surface area contributed by atoms with Crippen LogP contribution >= 0.6 is 0 Å². The van der Waals surface area contributed by atoms with Crippen molar-refractivity contribution in [3.8, 4) is 17.1 Å². The summed E-state index contributed by atoms with van der Waals surface area (Å²) in [7, 11) is -0.823. The molecular formula is C18H17N3O6S. The zero-order valence-electron chi connectivity index (χ0n) is 15.1. The molecule has 2 aromatic carbocycles. The summed E-state index contributed by atoms with van der Waals surface area (Å²) in [5.41, 5.74) is 0.773. The number of rotatable bonds is 7. The summed E-state index contributed by atoms with van der Waals surface area (Å²) in [6.45, 7) is -0.251. The average molecular weight is 403 g/mol. The molecule has 3 aromatic rings. The Morgan fingerprint density at radius 1 is 1.18 bits per heavy atom. The lowest BCUT2D eigenvalue weighted by atomic mass is 10.2. The molecule has 0 aliphatic rings. The standard InChI is InChI=1S/C18H17N3O6S/c1-19-28(23,24)15-8-4-6-13(10-15)18(22)26-11-16-20-17(21-27-16)12-5-3-7-14(9-12)25-2/h3-10,19H,11H2,1-2H3. The third kappa shape index (κ3) is 4.35. The van der Waals surface area contributed by atoms with E-state index in [2.05, 4.69) is 14.9 Å². The first-order valence-electron chi connectivity index (χ1n) is 8.10. The molecule has 0 saturated carbocycles. The summed E-state index contributed by atoms with van der Waals surface area (Å²) in [6.07, 6.45) is 0. The van der Waals surface area contributed by atoms with E-state index in [-0.39, 0.29) is 23.0 Å². The summed E-state index contributed by atoms with van der Waals surface area (Å²) in [5, 5.41) is 3.85. The number of hydrogen-bond acceptors (Lipinski definition) is 8. The molecule has 0 unspecified atom stereocenters. The Balaban J connectivity index is 1.69. The highest BCUT2D eigenvalue weighted by Gasteiger charge is 2.16. The van der Waals surface area contributed by atoms with Crippen LogP contribution in [-0.4, -0.2) is 38.7 Å². The lowest BCUT2D eigenvalue weighted by molar-refractivity contribution is 0.0429. The topological polar surface area (TPSA) is 121 Å². The van der Waals surface area contributed by atoms with E-state index in [9.17, 15) is 13.2 Å². The van der Waals surface area contributed by atoms with Crippen LogP contribution in [0, 0.1) is 0 Å². The van der Waals surface area contributed by atoms with Gasteiger partial charge in [-0.3, -0.25) is 0 Å². The molecule has 10 heteroatoms. The normalized spacial score (nSPS) is 11.2. The Morgan fingerprint density at radius 2 is 1.96 bits per heavy atom. The fourth-order valence-electron chi connectivity index (χ4n) is 2.31. The summed E-state index contributed by atoms with van der Waals surface area (Å²) in [6, 6.07) is 12.6. The lowest BCUT2D eigenvalue weighted by Crippen LogP contribution is -2.19. The van der Waals surface area contributed by atoms with E-state index in [1.807, 2.05) is 0 Å². The molecule has 0 radical (unpaired) electrons. The number of sulfonamides is 1. The van der Waals surface area contributed by atoms with Gasteiger partial charge in [-0.25, -0.2) is 17.9 Å². The van der Waals surface area contributed by atoms with E-state index >= 15 is 0 Å². The SMILES string of the molecule is CNS(=O)(=O)c1cccc(C(=O)OCc2nc(-c3cccc(OC)c3)no2)c1. The summed E-state index contributed by atoms with van der Waals surface area (Å²) in [4.78, 5) is 16.3. The summed E-state index contributed by atoms with van der Waals surface area (Å²) in [5.74, 6) is 0.359. The minimum absolute atomic E-state index is 0.0393. The van der Waals surface area contributed by atoms with E-state index < -0.39 is 16.0 Å². The third-order valence-electron chi connectivity index (χ3n) is 3.77. The second-order valence-corrected chi connectivity index (χ2v) is 7.44. The van der Waals surface area contributed by atoms with Gasteiger partial charge in [-0.15, -0.1) is 0 Å². The molecule has 0 amide bonds. The van der Waals surface area contributed by atoms with Crippen molar-refractivity contribution in [2.75, 3.05) is 14.2 Å². The monoisotopic (exact) mass is 403 g/mol. The number of methoxy groups -OCH3 is 1. The van der Waals surface area contributed by atoms with Gasteiger partial charge in [0.2, 0.25) is 15.8 Å². The number of carbonyl (C=O) groups is 1. The van der Waals surface area contributed by atoms with Crippen LogP contribution in [0.4, 0.5) is 0 Å². The van der Waals surface area contributed by atoms with Crippen molar-refractivity contribution in [2.45, 2.75) is 11.5 Å². The molecule has 1 N–H and O–H groups in total. The molecular weight excluding hydrogens is 386 g/mol. The maximum atomic E-state index is 12.2. The van der Waals surface area contributed by atoms with Crippen molar-refractivity contribution in [1.29, 1.82) is 0 Å². The van der Waals surface area contributed by atoms with E-state index in [0.29, 0.717) is 17.1 Å². The predicted molar refractivity (Wildman–Crippen MR) is 98.1 cm³/mol. The van der Waals surface area contributed by atoms with Crippen LogP contribution in [0.2, 0.25) is 0 Å². The number of esters is 1. The molecule has 0 spiro atoms. The molecule has 3 rings (SSSR count). The van der Waals surface area contributed by atoms with Gasteiger partial charge in [0.1, 0.15) is 5.75 Å². The van der Waals surface area contributed by atoms with Gasteiger partial charge in [0.25, 0.3) is 5.89 Å². The first kappa shape index (κ1) is 19.5. The number of ether oxygens (including phenoxy) is 2. The quantitative estimate of drug-likeness (QED) is 0.595. The van der Waals surface area contributed by atoms with E-state index in [1.54, 1.807) is 31.4 Å². The van der Waals surface area contributed by atoms with Gasteiger partial charge in [0, 0.05) is 5.56 Å². The van der Waals surface area contributed by atoms with Crippen LogP contribution in [0.3, 0.4) is 0 Å².